The van der Waals surface area contributed by atoms with Gasteiger partial charge >= 0.3 is 0 Å². The summed E-state index contributed by atoms with van der Waals surface area (Å²) >= 11 is 0. The van der Waals surface area contributed by atoms with Gasteiger partial charge in [-0.1, -0.05) is 0 Å². The zero-order valence-corrected chi connectivity index (χ0v) is 7.49. The molecule has 2 rings (SSSR count). The lowest BCUT2D eigenvalue weighted by atomic mass is 9.86. The summed E-state index contributed by atoms with van der Waals surface area (Å²) < 4.78 is 22.3. The van der Waals surface area contributed by atoms with Gasteiger partial charge in [-0.25, -0.2) is 8.42 Å². The molecule has 0 aromatic heterocycles. The number of carbonyl (C=O) groups excluding carboxylic acids is 1. The summed E-state index contributed by atoms with van der Waals surface area (Å²) in [4.78, 5) is 11.4. The van der Waals surface area contributed by atoms with E-state index >= 15 is 0 Å². The molecule has 2 saturated heterocycles. The zero-order chi connectivity index (χ0) is 8.82. The highest BCUT2D eigenvalue weighted by molar-refractivity contribution is 7.92. The van der Waals surface area contributed by atoms with Crippen molar-refractivity contribution in [2.45, 2.75) is 6.42 Å². The third-order valence-electron chi connectivity index (χ3n) is 2.68. The molecule has 1 spiro atoms. The van der Waals surface area contributed by atoms with E-state index < -0.39 is 15.3 Å². The summed E-state index contributed by atoms with van der Waals surface area (Å²) in [5.41, 5.74) is -0.557. The molecule has 0 bridgehead atoms. The van der Waals surface area contributed by atoms with Crippen molar-refractivity contribution in [3.63, 3.8) is 0 Å². The lowest BCUT2D eigenvalue weighted by molar-refractivity contribution is -0.123. The molecule has 68 valence electrons. The number of Topliss-reactive ketones (excluding diaryl/α,β-unsaturated/α-hetero) is 1. The van der Waals surface area contributed by atoms with E-state index in [4.69, 9.17) is 0 Å². The minimum atomic E-state index is -3.08. The van der Waals surface area contributed by atoms with Gasteiger partial charge in [-0.2, -0.15) is 0 Å². The second kappa shape index (κ2) is 2.29. The Hall–Kier alpha value is -0.420. The highest BCUT2D eigenvalue weighted by Gasteiger charge is 2.50. The number of sulfone groups is 1. The van der Waals surface area contributed by atoms with Crippen LogP contribution in [-0.4, -0.2) is 38.8 Å². The molecule has 1 atom stereocenters. The highest BCUT2D eigenvalue weighted by atomic mass is 32.2. The fourth-order valence-corrected chi connectivity index (χ4v) is 4.07. The normalized spacial score (nSPS) is 39.5. The Morgan fingerprint density at radius 1 is 1.42 bits per heavy atom. The van der Waals surface area contributed by atoms with Crippen molar-refractivity contribution < 1.29 is 13.2 Å². The van der Waals surface area contributed by atoms with E-state index in [0.29, 0.717) is 13.0 Å². The van der Waals surface area contributed by atoms with Gasteiger partial charge in [-0.05, 0) is 13.0 Å². The van der Waals surface area contributed by atoms with Gasteiger partial charge < -0.3 is 5.32 Å². The molecular weight excluding hydrogens is 178 g/mol. The average Bonchev–Trinajstić information content (AvgIpc) is 2.42. The molecular formula is C7H11NO3S. The monoisotopic (exact) mass is 189 g/mol. The van der Waals surface area contributed by atoms with E-state index in [-0.39, 0.29) is 17.3 Å². The number of hydrogen-bond donors (Lipinski definition) is 1. The van der Waals surface area contributed by atoms with Crippen LogP contribution >= 0.6 is 0 Å². The quantitative estimate of drug-likeness (QED) is 0.529. The smallest absolute Gasteiger partial charge is 0.158 e. The first-order chi connectivity index (χ1) is 5.54. The van der Waals surface area contributed by atoms with Gasteiger partial charge in [0.25, 0.3) is 0 Å². The van der Waals surface area contributed by atoms with Crippen molar-refractivity contribution in [2.75, 3.05) is 24.6 Å². The Morgan fingerprint density at radius 3 is 2.58 bits per heavy atom. The van der Waals surface area contributed by atoms with Gasteiger partial charge in [-0.3, -0.25) is 4.79 Å². The standard InChI is InChI=1S/C7H11NO3S/c9-6-3-12(10,11)5-7(6)1-2-8-4-7/h8H,1-5H2. The van der Waals surface area contributed by atoms with Crippen LogP contribution in [-0.2, 0) is 14.6 Å². The van der Waals surface area contributed by atoms with E-state index in [0.717, 1.165) is 6.54 Å². The topological polar surface area (TPSA) is 63.2 Å². The molecule has 0 radical (unpaired) electrons. The van der Waals surface area contributed by atoms with Crippen LogP contribution in [0.4, 0.5) is 0 Å². The number of rotatable bonds is 0. The molecule has 0 aromatic carbocycles. The Bertz CT molecular complexity index is 314. The SMILES string of the molecule is O=C1CS(=O)(=O)CC12CCNC2. The van der Waals surface area contributed by atoms with Crippen LogP contribution in [0.1, 0.15) is 6.42 Å². The van der Waals surface area contributed by atoms with Gasteiger partial charge in [0.05, 0.1) is 11.2 Å². The molecule has 0 amide bonds. The maximum atomic E-state index is 11.4. The Labute approximate surface area is 71.3 Å². The summed E-state index contributed by atoms with van der Waals surface area (Å²) in [6, 6.07) is 0. The Balaban J connectivity index is 2.35. The van der Waals surface area contributed by atoms with Gasteiger partial charge in [0.2, 0.25) is 0 Å². The predicted molar refractivity (Wildman–Crippen MR) is 43.6 cm³/mol. The molecule has 2 heterocycles. The van der Waals surface area contributed by atoms with Crippen LogP contribution < -0.4 is 5.32 Å². The zero-order valence-electron chi connectivity index (χ0n) is 6.67. The minimum absolute atomic E-state index is 0.0613. The molecule has 1 N–H and O–H groups in total. The Kier molecular flexibility index (Phi) is 1.56. The number of hydrogen-bond acceptors (Lipinski definition) is 4. The molecule has 2 aliphatic heterocycles. The lowest BCUT2D eigenvalue weighted by Gasteiger charge is -2.16. The number of ketones is 1. The Morgan fingerprint density at radius 2 is 2.17 bits per heavy atom. The third-order valence-corrected chi connectivity index (χ3v) is 4.38. The van der Waals surface area contributed by atoms with E-state index in [1.54, 1.807) is 0 Å². The second-order valence-electron chi connectivity index (χ2n) is 3.66. The molecule has 4 nitrogen and oxygen atoms in total. The van der Waals surface area contributed by atoms with Crippen LogP contribution in [0, 0.1) is 5.41 Å². The van der Waals surface area contributed by atoms with E-state index in [9.17, 15) is 13.2 Å². The summed E-state index contributed by atoms with van der Waals surface area (Å²) in [6.07, 6.45) is 0.686. The molecule has 2 aliphatic rings. The summed E-state index contributed by atoms with van der Waals surface area (Å²) in [5.74, 6) is -0.270. The van der Waals surface area contributed by atoms with E-state index in [2.05, 4.69) is 5.32 Å². The van der Waals surface area contributed by atoms with Crippen molar-refractivity contribution in [1.29, 1.82) is 0 Å². The molecule has 2 fully saturated rings. The molecule has 0 saturated carbocycles. The van der Waals surface area contributed by atoms with Crippen LogP contribution in [0.5, 0.6) is 0 Å². The maximum Gasteiger partial charge on any atom is 0.158 e. The number of nitrogens with one attached hydrogen (secondary N) is 1. The third kappa shape index (κ3) is 1.08. The van der Waals surface area contributed by atoms with Gasteiger partial charge in [0.1, 0.15) is 5.75 Å². The van der Waals surface area contributed by atoms with Gasteiger partial charge in [0.15, 0.2) is 15.6 Å². The summed E-state index contributed by atoms with van der Waals surface area (Å²) in [7, 11) is -3.08. The first-order valence-corrected chi connectivity index (χ1v) is 5.81. The lowest BCUT2D eigenvalue weighted by Crippen LogP contribution is -2.32. The molecule has 12 heavy (non-hydrogen) atoms. The van der Waals surface area contributed by atoms with Crippen molar-refractivity contribution in [1.82, 2.24) is 5.32 Å². The first-order valence-electron chi connectivity index (χ1n) is 3.99. The van der Waals surface area contributed by atoms with Crippen molar-refractivity contribution >= 4 is 15.6 Å². The number of carbonyl (C=O) groups is 1. The van der Waals surface area contributed by atoms with Gasteiger partial charge in [-0.15, -0.1) is 0 Å². The van der Waals surface area contributed by atoms with Crippen LogP contribution in [0.3, 0.4) is 0 Å². The second-order valence-corrected chi connectivity index (χ2v) is 5.73. The fraction of sp³-hybridized carbons (Fsp3) is 0.857. The summed E-state index contributed by atoms with van der Waals surface area (Å²) in [6.45, 7) is 1.31. The van der Waals surface area contributed by atoms with E-state index in [1.165, 1.54) is 0 Å². The fourth-order valence-electron chi connectivity index (χ4n) is 2.01. The van der Waals surface area contributed by atoms with Crippen LogP contribution in [0.15, 0.2) is 0 Å². The van der Waals surface area contributed by atoms with Gasteiger partial charge in [0, 0.05) is 6.54 Å². The molecule has 5 heteroatoms. The van der Waals surface area contributed by atoms with Crippen LogP contribution in [0.25, 0.3) is 0 Å². The molecule has 1 unspecified atom stereocenters. The minimum Gasteiger partial charge on any atom is -0.316 e. The van der Waals surface area contributed by atoms with Crippen molar-refractivity contribution in [2.24, 2.45) is 5.41 Å². The van der Waals surface area contributed by atoms with Crippen molar-refractivity contribution in [3.8, 4) is 0 Å². The maximum absolute atomic E-state index is 11.4. The average molecular weight is 189 g/mol. The first kappa shape index (κ1) is 8.19. The largest absolute Gasteiger partial charge is 0.316 e. The predicted octanol–water partition coefficient (Wildman–Crippen LogP) is -1.04. The molecule has 0 aromatic rings. The van der Waals surface area contributed by atoms with Crippen molar-refractivity contribution in [3.05, 3.63) is 0 Å². The molecule has 0 aliphatic carbocycles. The van der Waals surface area contributed by atoms with Crippen LogP contribution in [0.2, 0.25) is 0 Å². The highest BCUT2D eigenvalue weighted by Crippen LogP contribution is 2.34. The van der Waals surface area contributed by atoms with E-state index in [1.807, 2.05) is 0 Å². The summed E-state index contributed by atoms with van der Waals surface area (Å²) in [5, 5.41) is 3.04.